The maximum atomic E-state index is 13.0. The van der Waals surface area contributed by atoms with E-state index in [1.54, 1.807) is 0 Å². The monoisotopic (exact) mass is 346 g/mol. The summed E-state index contributed by atoms with van der Waals surface area (Å²) in [6, 6.07) is 6.75. The van der Waals surface area contributed by atoms with Gasteiger partial charge in [0.2, 0.25) is 5.91 Å². The second kappa shape index (κ2) is 9.33. The summed E-state index contributed by atoms with van der Waals surface area (Å²) in [5.41, 5.74) is 1.14. The van der Waals surface area contributed by atoms with Gasteiger partial charge in [0.25, 0.3) is 0 Å². The molecule has 0 atom stereocenters. The van der Waals surface area contributed by atoms with Crippen molar-refractivity contribution in [3.63, 3.8) is 0 Å². The molecule has 2 aliphatic rings. The minimum Gasteiger partial charge on any atom is -0.341 e. The van der Waals surface area contributed by atoms with Crippen LogP contribution in [0.1, 0.15) is 56.9 Å². The van der Waals surface area contributed by atoms with Crippen LogP contribution in [0.3, 0.4) is 0 Å². The number of carbonyl (C=O) groups excluding carboxylic acids is 1. The van der Waals surface area contributed by atoms with Gasteiger partial charge in [-0.1, -0.05) is 44.2 Å². The Hall–Kier alpha value is -1.42. The number of halogens is 1. The molecule has 138 valence electrons. The maximum absolute atomic E-state index is 13.0. The SMILES string of the molecule is O=C(CCC1CCCCC1)N1CCCN(Cc2ccc(F)cc2)CC1. The summed E-state index contributed by atoms with van der Waals surface area (Å²) in [5, 5.41) is 0. The van der Waals surface area contributed by atoms with Crippen LogP contribution in [0, 0.1) is 11.7 Å². The van der Waals surface area contributed by atoms with Crippen LogP contribution >= 0.6 is 0 Å². The van der Waals surface area contributed by atoms with Crippen LogP contribution in [-0.2, 0) is 11.3 Å². The summed E-state index contributed by atoms with van der Waals surface area (Å²) in [5.74, 6) is 0.934. The normalized spacial score (nSPS) is 20.4. The number of carbonyl (C=O) groups is 1. The fourth-order valence-corrected chi connectivity index (χ4v) is 4.19. The molecule has 0 radical (unpaired) electrons. The Balaban J connectivity index is 1.42. The molecule has 3 rings (SSSR count). The molecule has 4 heteroatoms. The van der Waals surface area contributed by atoms with Crippen molar-refractivity contribution in [2.45, 2.75) is 57.9 Å². The van der Waals surface area contributed by atoms with E-state index in [4.69, 9.17) is 0 Å². The van der Waals surface area contributed by atoms with Gasteiger partial charge in [-0.3, -0.25) is 9.69 Å². The van der Waals surface area contributed by atoms with Crippen molar-refractivity contribution in [2.75, 3.05) is 26.2 Å². The molecule has 1 saturated heterocycles. The second-order valence-electron chi connectivity index (χ2n) is 7.68. The highest BCUT2D eigenvalue weighted by atomic mass is 19.1. The molecule has 1 aromatic carbocycles. The number of hydrogen-bond acceptors (Lipinski definition) is 2. The van der Waals surface area contributed by atoms with Crippen LogP contribution in [-0.4, -0.2) is 41.9 Å². The minimum absolute atomic E-state index is 0.186. The minimum atomic E-state index is -0.186. The summed E-state index contributed by atoms with van der Waals surface area (Å²) in [6.45, 7) is 4.45. The zero-order chi connectivity index (χ0) is 17.5. The summed E-state index contributed by atoms with van der Waals surface area (Å²) in [6.07, 6.45) is 9.54. The Kier molecular flexibility index (Phi) is 6.85. The average Bonchev–Trinajstić information content (AvgIpc) is 2.88. The zero-order valence-electron chi connectivity index (χ0n) is 15.3. The van der Waals surface area contributed by atoms with Crippen LogP contribution < -0.4 is 0 Å². The Bertz CT molecular complexity index is 539. The highest BCUT2D eigenvalue weighted by Gasteiger charge is 2.21. The Morgan fingerprint density at radius 3 is 2.48 bits per heavy atom. The van der Waals surface area contributed by atoms with E-state index >= 15 is 0 Å². The van der Waals surface area contributed by atoms with E-state index in [1.165, 1.54) is 44.2 Å². The number of nitrogens with zero attached hydrogens (tertiary/aromatic N) is 2. The van der Waals surface area contributed by atoms with Gasteiger partial charge in [0.15, 0.2) is 0 Å². The number of rotatable bonds is 5. The topological polar surface area (TPSA) is 23.6 Å². The van der Waals surface area contributed by atoms with Gasteiger partial charge in [-0.25, -0.2) is 4.39 Å². The van der Waals surface area contributed by atoms with E-state index in [0.29, 0.717) is 5.91 Å². The van der Waals surface area contributed by atoms with E-state index in [2.05, 4.69) is 9.80 Å². The summed E-state index contributed by atoms with van der Waals surface area (Å²) in [4.78, 5) is 17.0. The van der Waals surface area contributed by atoms with E-state index in [1.807, 2.05) is 12.1 Å². The molecule has 0 bridgehead atoms. The van der Waals surface area contributed by atoms with E-state index in [0.717, 1.165) is 63.5 Å². The van der Waals surface area contributed by atoms with Gasteiger partial charge in [0.05, 0.1) is 0 Å². The Morgan fingerprint density at radius 2 is 1.72 bits per heavy atom. The lowest BCUT2D eigenvalue weighted by Crippen LogP contribution is -2.35. The third-order valence-electron chi connectivity index (χ3n) is 5.75. The van der Waals surface area contributed by atoms with Crippen molar-refractivity contribution < 1.29 is 9.18 Å². The predicted molar refractivity (Wildman–Crippen MR) is 98.7 cm³/mol. The Morgan fingerprint density at radius 1 is 0.960 bits per heavy atom. The lowest BCUT2D eigenvalue weighted by atomic mass is 9.86. The van der Waals surface area contributed by atoms with Gasteiger partial charge in [-0.2, -0.15) is 0 Å². The quantitative estimate of drug-likeness (QED) is 0.797. The molecular formula is C21H31FN2O. The van der Waals surface area contributed by atoms with Crippen molar-refractivity contribution in [3.8, 4) is 0 Å². The van der Waals surface area contributed by atoms with Crippen LogP contribution in [0.4, 0.5) is 4.39 Å². The smallest absolute Gasteiger partial charge is 0.222 e. The molecule has 0 unspecified atom stereocenters. The van der Waals surface area contributed by atoms with Crippen LogP contribution in [0.15, 0.2) is 24.3 Å². The molecule has 2 fully saturated rings. The van der Waals surface area contributed by atoms with Crippen molar-refractivity contribution in [1.29, 1.82) is 0 Å². The van der Waals surface area contributed by atoms with Gasteiger partial charge in [-0.15, -0.1) is 0 Å². The molecule has 1 aliphatic carbocycles. The first kappa shape index (κ1) is 18.4. The maximum Gasteiger partial charge on any atom is 0.222 e. The van der Waals surface area contributed by atoms with Gasteiger partial charge in [0, 0.05) is 39.1 Å². The third kappa shape index (κ3) is 5.81. The molecule has 1 saturated carbocycles. The summed E-state index contributed by atoms with van der Waals surface area (Å²) >= 11 is 0. The van der Waals surface area contributed by atoms with E-state index in [-0.39, 0.29) is 5.82 Å². The molecular weight excluding hydrogens is 315 g/mol. The summed E-state index contributed by atoms with van der Waals surface area (Å²) in [7, 11) is 0. The molecule has 1 aromatic rings. The lowest BCUT2D eigenvalue weighted by molar-refractivity contribution is -0.131. The molecule has 1 amide bonds. The first-order valence-electron chi connectivity index (χ1n) is 9.95. The zero-order valence-corrected chi connectivity index (χ0v) is 15.3. The first-order chi connectivity index (χ1) is 12.2. The van der Waals surface area contributed by atoms with Crippen molar-refractivity contribution in [1.82, 2.24) is 9.80 Å². The molecule has 3 nitrogen and oxygen atoms in total. The van der Waals surface area contributed by atoms with Crippen molar-refractivity contribution in [2.24, 2.45) is 5.92 Å². The molecule has 1 heterocycles. The molecule has 0 spiro atoms. The third-order valence-corrected chi connectivity index (χ3v) is 5.75. The highest BCUT2D eigenvalue weighted by Crippen LogP contribution is 2.27. The van der Waals surface area contributed by atoms with Crippen LogP contribution in [0.2, 0.25) is 0 Å². The fraction of sp³-hybridized carbons (Fsp3) is 0.667. The van der Waals surface area contributed by atoms with Crippen molar-refractivity contribution in [3.05, 3.63) is 35.6 Å². The summed E-state index contributed by atoms with van der Waals surface area (Å²) < 4.78 is 13.0. The van der Waals surface area contributed by atoms with E-state index < -0.39 is 0 Å². The van der Waals surface area contributed by atoms with Gasteiger partial charge >= 0.3 is 0 Å². The molecule has 0 N–H and O–H groups in total. The van der Waals surface area contributed by atoms with Crippen LogP contribution in [0.25, 0.3) is 0 Å². The standard InChI is InChI=1S/C21H31FN2O/c22-20-10-7-19(8-11-20)17-23-13-4-14-24(16-15-23)21(25)12-9-18-5-2-1-3-6-18/h7-8,10-11,18H,1-6,9,12-17H2. The van der Waals surface area contributed by atoms with Crippen molar-refractivity contribution >= 4 is 5.91 Å². The highest BCUT2D eigenvalue weighted by molar-refractivity contribution is 5.76. The first-order valence-corrected chi connectivity index (χ1v) is 9.95. The van der Waals surface area contributed by atoms with Crippen LogP contribution in [0.5, 0.6) is 0 Å². The second-order valence-corrected chi connectivity index (χ2v) is 7.68. The Labute approximate surface area is 151 Å². The number of hydrogen-bond donors (Lipinski definition) is 0. The van der Waals surface area contributed by atoms with Gasteiger partial charge in [0.1, 0.15) is 5.82 Å². The predicted octanol–water partition coefficient (Wildman–Crippen LogP) is 4.22. The molecule has 1 aliphatic heterocycles. The number of benzene rings is 1. The fourth-order valence-electron chi connectivity index (χ4n) is 4.19. The van der Waals surface area contributed by atoms with Gasteiger partial charge < -0.3 is 4.90 Å². The lowest BCUT2D eigenvalue weighted by Gasteiger charge is -2.24. The van der Waals surface area contributed by atoms with Gasteiger partial charge in [-0.05, 0) is 36.5 Å². The molecule has 0 aromatic heterocycles. The van der Waals surface area contributed by atoms with E-state index in [9.17, 15) is 9.18 Å². The average molecular weight is 346 g/mol. The largest absolute Gasteiger partial charge is 0.341 e. The molecule has 25 heavy (non-hydrogen) atoms. The number of amides is 1.